The number of ether oxygens (including phenoxy) is 1. The van der Waals surface area contributed by atoms with Crippen LogP contribution >= 0.6 is 11.6 Å². The Labute approximate surface area is 130 Å². The number of amides is 1. The molecule has 5 heteroatoms. The number of hydrogen-bond donors (Lipinski definition) is 1. The third-order valence-corrected chi connectivity index (χ3v) is 3.93. The predicted molar refractivity (Wildman–Crippen MR) is 82.6 cm³/mol. The fourth-order valence-corrected chi connectivity index (χ4v) is 2.78. The van der Waals surface area contributed by atoms with Crippen molar-refractivity contribution in [3.63, 3.8) is 0 Å². The van der Waals surface area contributed by atoms with E-state index in [0.717, 1.165) is 12.8 Å². The molecule has 0 radical (unpaired) electrons. The Bertz CT molecular complexity index is 507. The molecule has 1 fully saturated rings. The fourth-order valence-electron chi connectivity index (χ4n) is 2.65. The molecule has 0 atom stereocenters. The maximum Gasteiger partial charge on any atom is 0.266 e. The van der Waals surface area contributed by atoms with E-state index in [2.05, 4.69) is 0 Å². The van der Waals surface area contributed by atoms with Gasteiger partial charge in [0, 0.05) is 5.02 Å². The van der Waals surface area contributed by atoms with Crippen molar-refractivity contribution in [1.29, 1.82) is 0 Å². The number of benzene rings is 1. The first-order chi connectivity index (χ1) is 9.76. The minimum atomic E-state index is -0.971. The lowest BCUT2D eigenvalue weighted by molar-refractivity contribution is -0.169. The Hall–Kier alpha value is -1.26. The lowest BCUT2D eigenvalue weighted by atomic mass is 9.88. The van der Waals surface area contributed by atoms with Gasteiger partial charge in [-0.2, -0.15) is 0 Å². The van der Waals surface area contributed by atoms with E-state index >= 15 is 0 Å². The summed E-state index contributed by atoms with van der Waals surface area (Å²) in [6.07, 6.45) is 1.62. The van der Waals surface area contributed by atoms with E-state index in [-0.39, 0.29) is 5.91 Å². The number of hydrogen-bond acceptors (Lipinski definition) is 3. The van der Waals surface area contributed by atoms with E-state index in [1.807, 2.05) is 6.92 Å². The average molecular weight is 312 g/mol. The van der Waals surface area contributed by atoms with Crippen LogP contribution in [0, 0.1) is 0 Å². The third kappa shape index (κ3) is 3.69. The quantitative estimate of drug-likeness (QED) is 0.909. The van der Waals surface area contributed by atoms with Crippen LogP contribution in [-0.2, 0) is 4.79 Å². The molecule has 1 N–H and O–H groups in total. The van der Waals surface area contributed by atoms with Gasteiger partial charge in [0.25, 0.3) is 5.91 Å². The molecule has 0 saturated carbocycles. The largest absolute Gasteiger partial charge is 0.478 e. The molecular weight excluding hydrogens is 290 g/mol. The highest BCUT2D eigenvalue weighted by atomic mass is 35.5. The maximum absolute atomic E-state index is 12.5. The molecule has 0 spiro atoms. The van der Waals surface area contributed by atoms with Crippen LogP contribution in [0.5, 0.6) is 5.75 Å². The lowest BCUT2D eigenvalue weighted by Gasteiger charge is -2.48. The van der Waals surface area contributed by atoms with Crippen molar-refractivity contribution in [3.05, 3.63) is 29.3 Å². The minimum Gasteiger partial charge on any atom is -0.478 e. The number of likely N-dealkylation sites (tertiary alicyclic amines) is 1. The predicted octanol–water partition coefficient (Wildman–Crippen LogP) is 2.87. The zero-order valence-electron chi connectivity index (χ0n) is 12.7. The molecule has 0 aromatic heterocycles. The van der Waals surface area contributed by atoms with Gasteiger partial charge in [0.05, 0.1) is 18.7 Å². The summed E-state index contributed by atoms with van der Waals surface area (Å²) < 4.78 is 5.77. The summed E-state index contributed by atoms with van der Waals surface area (Å²) >= 11 is 5.83. The Balaban J connectivity index is 1.97. The SMILES string of the molecule is CCCC1(O)CN(C(=O)C(C)(C)Oc2ccc(Cl)cc2)C1. The second-order valence-electron chi connectivity index (χ2n) is 6.20. The zero-order valence-corrected chi connectivity index (χ0v) is 13.5. The Kier molecular flexibility index (Phi) is 4.49. The molecule has 1 heterocycles. The fraction of sp³-hybridized carbons (Fsp3) is 0.562. The average Bonchev–Trinajstić information content (AvgIpc) is 2.38. The van der Waals surface area contributed by atoms with Gasteiger partial charge in [-0.05, 0) is 44.5 Å². The molecule has 4 nitrogen and oxygen atoms in total. The highest BCUT2D eigenvalue weighted by molar-refractivity contribution is 6.30. The van der Waals surface area contributed by atoms with Gasteiger partial charge in [0.2, 0.25) is 0 Å². The molecule has 1 aromatic rings. The minimum absolute atomic E-state index is 0.113. The molecule has 1 saturated heterocycles. The van der Waals surface area contributed by atoms with Crippen LogP contribution in [0.4, 0.5) is 0 Å². The van der Waals surface area contributed by atoms with Gasteiger partial charge in [-0.3, -0.25) is 4.79 Å². The highest BCUT2D eigenvalue weighted by Crippen LogP contribution is 2.30. The number of halogens is 1. The summed E-state index contributed by atoms with van der Waals surface area (Å²) in [5, 5.41) is 10.8. The number of carbonyl (C=O) groups is 1. The number of nitrogens with zero attached hydrogens (tertiary/aromatic N) is 1. The number of β-amino-alcohol motifs (C(OH)–C–C–N with tert-alkyl or cyclic N) is 1. The van der Waals surface area contributed by atoms with Crippen molar-refractivity contribution in [2.24, 2.45) is 0 Å². The van der Waals surface area contributed by atoms with E-state index in [1.54, 1.807) is 43.0 Å². The normalized spacial score (nSPS) is 17.3. The number of aliphatic hydroxyl groups is 1. The van der Waals surface area contributed by atoms with Crippen LogP contribution in [0.25, 0.3) is 0 Å². The Morgan fingerprint density at radius 3 is 2.48 bits per heavy atom. The van der Waals surface area contributed by atoms with Gasteiger partial charge in [-0.1, -0.05) is 24.9 Å². The maximum atomic E-state index is 12.5. The summed E-state index contributed by atoms with van der Waals surface area (Å²) in [6.45, 7) is 6.26. The second kappa shape index (κ2) is 5.85. The van der Waals surface area contributed by atoms with Crippen LogP contribution in [0.1, 0.15) is 33.6 Å². The van der Waals surface area contributed by atoms with Crippen LogP contribution < -0.4 is 4.74 Å². The first-order valence-corrected chi connectivity index (χ1v) is 7.60. The van der Waals surface area contributed by atoms with Crippen molar-refractivity contribution in [2.75, 3.05) is 13.1 Å². The van der Waals surface area contributed by atoms with Gasteiger partial charge in [0.15, 0.2) is 5.60 Å². The summed E-state index contributed by atoms with van der Waals surface area (Å²) in [5.74, 6) is 0.486. The molecule has 0 bridgehead atoms. The lowest BCUT2D eigenvalue weighted by Crippen LogP contribution is -2.67. The van der Waals surface area contributed by atoms with Crippen molar-refractivity contribution >= 4 is 17.5 Å². The molecule has 1 aromatic carbocycles. The smallest absolute Gasteiger partial charge is 0.266 e. The highest BCUT2D eigenvalue weighted by Gasteiger charge is 2.47. The first-order valence-electron chi connectivity index (χ1n) is 7.22. The Morgan fingerprint density at radius 1 is 1.38 bits per heavy atom. The van der Waals surface area contributed by atoms with Crippen LogP contribution in [0.2, 0.25) is 5.02 Å². The molecule has 2 rings (SSSR count). The van der Waals surface area contributed by atoms with E-state index < -0.39 is 11.2 Å². The van der Waals surface area contributed by atoms with Crippen LogP contribution in [0.3, 0.4) is 0 Å². The van der Waals surface area contributed by atoms with Gasteiger partial charge < -0.3 is 14.7 Å². The summed E-state index contributed by atoms with van der Waals surface area (Å²) in [5.41, 5.74) is -1.69. The van der Waals surface area contributed by atoms with Gasteiger partial charge in [-0.25, -0.2) is 0 Å². The topological polar surface area (TPSA) is 49.8 Å². The first kappa shape index (κ1) is 16.1. The molecule has 1 amide bonds. The molecule has 1 aliphatic heterocycles. The monoisotopic (exact) mass is 311 g/mol. The Morgan fingerprint density at radius 2 is 1.95 bits per heavy atom. The van der Waals surface area contributed by atoms with E-state index in [0.29, 0.717) is 23.9 Å². The standard InChI is InChI=1S/C16H22ClNO3/c1-4-9-16(20)10-18(11-16)14(19)15(2,3)21-13-7-5-12(17)6-8-13/h5-8,20H,4,9-11H2,1-3H3. The third-order valence-electron chi connectivity index (χ3n) is 3.67. The molecule has 0 unspecified atom stereocenters. The number of carbonyl (C=O) groups excluding carboxylic acids is 1. The second-order valence-corrected chi connectivity index (χ2v) is 6.64. The van der Waals surface area contributed by atoms with Crippen molar-refractivity contribution in [1.82, 2.24) is 4.90 Å². The zero-order chi connectivity index (χ0) is 15.7. The van der Waals surface area contributed by atoms with E-state index in [1.165, 1.54) is 0 Å². The summed E-state index contributed by atoms with van der Waals surface area (Å²) in [7, 11) is 0. The van der Waals surface area contributed by atoms with Crippen LogP contribution in [0.15, 0.2) is 24.3 Å². The molecule has 21 heavy (non-hydrogen) atoms. The molecule has 0 aliphatic carbocycles. The number of rotatable bonds is 5. The summed E-state index contributed by atoms with van der Waals surface area (Å²) in [6, 6.07) is 6.92. The van der Waals surface area contributed by atoms with Gasteiger partial charge in [-0.15, -0.1) is 0 Å². The van der Waals surface area contributed by atoms with Crippen molar-refractivity contribution in [2.45, 2.75) is 44.8 Å². The van der Waals surface area contributed by atoms with E-state index in [9.17, 15) is 9.90 Å². The van der Waals surface area contributed by atoms with Gasteiger partial charge >= 0.3 is 0 Å². The van der Waals surface area contributed by atoms with Gasteiger partial charge in [0.1, 0.15) is 5.75 Å². The molecular formula is C16H22ClNO3. The molecule has 1 aliphatic rings. The van der Waals surface area contributed by atoms with Crippen LogP contribution in [-0.4, -0.2) is 40.2 Å². The van der Waals surface area contributed by atoms with Crippen molar-refractivity contribution in [3.8, 4) is 5.75 Å². The van der Waals surface area contributed by atoms with Crippen molar-refractivity contribution < 1.29 is 14.6 Å². The van der Waals surface area contributed by atoms with E-state index in [4.69, 9.17) is 16.3 Å². The summed E-state index contributed by atoms with van der Waals surface area (Å²) in [4.78, 5) is 14.1. The molecule has 116 valence electrons.